The number of fused-ring (bicyclic) bond motifs is 1. The molecule has 0 saturated heterocycles. The van der Waals surface area contributed by atoms with E-state index >= 15 is 0 Å². The first kappa shape index (κ1) is 32.3. The van der Waals surface area contributed by atoms with Gasteiger partial charge in [0.1, 0.15) is 29.5 Å². The third kappa shape index (κ3) is 9.12. The normalized spacial score (nSPS) is 15.5. The monoisotopic (exact) mass is 601 g/mol. The zero-order valence-electron chi connectivity index (χ0n) is 23.6. The standard InChI is InChI=1S/C25H35F3N7O5P/c1-15(2)39-23(36)24(5,6)34-41(37,33-17(4)18-7-9-19(10-8-18)40-25(26,27)28)14-38-16(3)11-35-13-32-20-21(29)30-12-31-22(20)35/h7-10,12-13,15-17H,11,14H2,1-6H3,(H2,29,30,31)(H2,33,34,37)/t16-,17-,41?/m1/s1. The number of esters is 1. The second kappa shape index (κ2) is 12.7. The molecule has 2 aromatic heterocycles. The van der Waals surface area contributed by atoms with Crippen LogP contribution in [-0.4, -0.2) is 55.9 Å². The zero-order chi connectivity index (χ0) is 30.6. The number of nitrogens with zero attached hydrogens (tertiary/aromatic N) is 4. The van der Waals surface area contributed by atoms with Crippen LogP contribution in [0.15, 0.2) is 36.9 Å². The lowest BCUT2D eigenvalue weighted by Gasteiger charge is -2.33. The first-order valence-corrected chi connectivity index (χ1v) is 14.6. The van der Waals surface area contributed by atoms with E-state index in [1.165, 1.54) is 32.3 Å². The van der Waals surface area contributed by atoms with Crippen LogP contribution in [0.5, 0.6) is 5.75 Å². The summed E-state index contributed by atoms with van der Waals surface area (Å²) in [5.74, 6) is -0.766. The maximum atomic E-state index is 14.2. The van der Waals surface area contributed by atoms with Crippen LogP contribution < -0.4 is 20.6 Å². The summed E-state index contributed by atoms with van der Waals surface area (Å²) in [4.78, 5) is 25.1. The molecule has 3 aromatic rings. The van der Waals surface area contributed by atoms with Crippen molar-refractivity contribution in [1.82, 2.24) is 29.7 Å². The van der Waals surface area contributed by atoms with Crippen LogP contribution in [0, 0.1) is 0 Å². The number of nitrogens with two attached hydrogens (primary N) is 1. The van der Waals surface area contributed by atoms with E-state index in [0.29, 0.717) is 23.3 Å². The van der Waals surface area contributed by atoms with E-state index in [0.717, 1.165) is 12.1 Å². The lowest BCUT2D eigenvalue weighted by Crippen LogP contribution is -2.49. The minimum atomic E-state index is -4.82. The maximum absolute atomic E-state index is 14.2. The van der Waals surface area contributed by atoms with Crippen LogP contribution >= 0.6 is 7.44 Å². The Kier molecular flexibility index (Phi) is 10.0. The molecule has 1 unspecified atom stereocenters. The zero-order valence-corrected chi connectivity index (χ0v) is 24.5. The summed E-state index contributed by atoms with van der Waals surface area (Å²) in [6, 6.07) is 4.54. The SMILES string of the molecule is CC(C)OC(=O)C(C)(C)NP(=O)(CO[C@H](C)Cn1cnc2c(N)ncnc21)N[C@H](C)c1ccc(OC(F)(F)F)cc1. The molecule has 3 rings (SSSR count). The van der Waals surface area contributed by atoms with Crippen LogP contribution in [0.4, 0.5) is 19.0 Å². The van der Waals surface area contributed by atoms with Gasteiger partial charge in [0.05, 0.1) is 25.1 Å². The van der Waals surface area contributed by atoms with Gasteiger partial charge in [0.25, 0.3) is 0 Å². The second-order valence-corrected chi connectivity index (χ2v) is 12.6. The van der Waals surface area contributed by atoms with Crippen molar-refractivity contribution in [2.45, 2.75) is 78.2 Å². The van der Waals surface area contributed by atoms with Gasteiger partial charge in [-0.25, -0.2) is 25.1 Å². The number of benzene rings is 1. The molecule has 16 heteroatoms. The smallest absolute Gasteiger partial charge is 0.462 e. The van der Waals surface area contributed by atoms with Gasteiger partial charge in [-0.2, -0.15) is 0 Å². The van der Waals surface area contributed by atoms with E-state index in [2.05, 4.69) is 29.9 Å². The van der Waals surface area contributed by atoms with Crippen LogP contribution in [-0.2, 0) is 25.4 Å². The van der Waals surface area contributed by atoms with Crippen molar-refractivity contribution in [2.24, 2.45) is 0 Å². The highest BCUT2D eigenvalue weighted by Gasteiger charge is 2.39. The number of rotatable bonds is 13. The lowest BCUT2D eigenvalue weighted by molar-refractivity contribution is -0.274. The Balaban J connectivity index is 1.77. The molecule has 12 nitrogen and oxygen atoms in total. The molecule has 0 aliphatic heterocycles. The molecule has 41 heavy (non-hydrogen) atoms. The molecule has 2 heterocycles. The van der Waals surface area contributed by atoms with Crippen molar-refractivity contribution in [2.75, 3.05) is 12.1 Å². The molecule has 1 aromatic carbocycles. The average molecular weight is 602 g/mol. The summed E-state index contributed by atoms with van der Waals surface area (Å²) in [6.07, 6.45) is -3.17. The summed E-state index contributed by atoms with van der Waals surface area (Å²) in [6.45, 7) is 10.2. The van der Waals surface area contributed by atoms with E-state index in [-0.39, 0.29) is 17.9 Å². The summed E-state index contributed by atoms with van der Waals surface area (Å²) >= 11 is 0. The number of imidazole rings is 1. The predicted molar refractivity (Wildman–Crippen MR) is 146 cm³/mol. The Bertz CT molecular complexity index is 1380. The number of alkyl halides is 3. The number of nitrogens with one attached hydrogen (secondary N) is 2. The third-order valence-electron chi connectivity index (χ3n) is 5.75. The van der Waals surface area contributed by atoms with Crippen molar-refractivity contribution >= 4 is 30.4 Å². The fourth-order valence-corrected chi connectivity index (χ4v) is 6.34. The molecule has 0 radical (unpaired) electrons. The summed E-state index contributed by atoms with van der Waals surface area (Å²) in [7, 11) is -3.71. The van der Waals surface area contributed by atoms with Gasteiger partial charge in [0.15, 0.2) is 11.5 Å². The van der Waals surface area contributed by atoms with Gasteiger partial charge in [-0.15, -0.1) is 13.2 Å². The quantitative estimate of drug-likeness (QED) is 0.187. The largest absolute Gasteiger partial charge is 0.573 e. The number of carbonyl (C=O) groups excluding carboxylic acids is 1. The first-order valence-electron chi connectivity index (χ1n) is 12.7. The van der Waals surface area contributed by atoms with Crippen LogP contribution in [0.2, 0.25) is 0 Å². The third-order valence-corrected chi connectivity index (χ3v) is 7.99. The number of nitrogen functional groups attached to an aromatic ring is 1. The molecule has 4 N–H and O–H groups in total. The highest BCUT2D eigenvalue weighted by molar-refractivity contribution is 7.59. The molecular weight excluding hydrogens is 566 g/mol. The molecular formula is C25H35F3N7O5P. The molecule has 0 aliphatic rings. The highest BCUT2D eigenvalue weighted by Crippen LogP contribution is 2.42. The van der Waals surface area contributed by atoms with Gasteiger partial charge in [-0.05, 0) is 59.2 Å². The Morgan fingerprint density at radius 2 is 1.76 bits per heavy atom. The van der Waals surface area contributed by atoms with E-state index < -0.39 is 43.6 Å². The van der Waals surface area contributed by atoms with Gasteiger partial charge in [0, 0.05) is 6.04 Å². The van der Waals surface area contributed by atoms with E-state index in [9.17, 15) is 22.5 Å². The number of aromatic nitrogens is 4. The molecule has 0 bridgehead atoms. The van der Waals surface area contributed by atoms with Crippen molar-refractivity contribution in [3.63, 3.8) is 0 Å². The highest BCUT2D eigenvalue weighted by atomic mass is 31.2. The molecule has 226 valence electrons. The fourth-order valence-electron chi connectivity index (χ4n) is 3.90. The Labute approximate surface area is 235 Å². The molecule has 0 aliphatic carbocycles. The van der Waals surface area contributed by atoms with Gasteiger partial charge in [0.2, 0.25) is 7.44 Å². The van der Waals surface area contributed by atoms with Crippen molar-refractivity contribution in [3.05, 3.63) is 42.5 Å². The number of ether oxygens (including phenoxy) is 3. The number of hydrogen-bond donors (Lipinski definition) is 3. The average Bonchev–Trinajstić information content (AvgIpc) is 3.25. The van der Waals surface area contributed by atoms with Gasteiger partial charge in [-0.3, -0.25) is 9.36 Å². The van der Waals surface area contributed by atoms with Crippen LogP contribution in [0.25, 0.3) is 11.2 Å². The lowest BCUT2D eigenvalue weighted by atomic mass is 10.1. The second-order valence-electron chi connectivity index (χ2n) is 10.3. The van der Waals surface area contributed by atoms with Gasteiger partial charge >= 0.3 is 12.3 Å². The Morgan fingerprint density at radius 1 is 1.10 bits per heavy atom. The van der Waals surface area contributed by atoms with Crippen LogP contribution in [0.3, 0.4) is 0 Å². The minimum Gasteiger partial charge on any atom is -0.462 e. The van der Waals surface area contributed by atoms with Gasteiger partial charge in [-0.1, -0.05) is 12.1 Å². The van der Waals surface area contributed by atoms with E-state index in [1.807, 2.05) is 0 Å². The van der Waals surface area contributed by atoms with Gasteiger partial charge < -0.3 is 24.5 Å². The summed E-state index contributed by atoms with van der Waals surface area (Å²) in [5.41, 5.74) is 5.96. The molecule has 0 fully saturated rings. The van der Waals surface area contributed by atoms with E-state index in [4.69, 9.17) is 15.2 Å². The van der Waals surface area contributed by atoms with Crippen molar-refractivity contribution in [1.29, 1.82) is 0 Å². The summed E-state index contributed by atoms with van der Waals surface area (Å²) < 4.78 is 68.8. The number of halogens is 3. The Morgan fingerprint density at radius 3 is 2.37 bits per heavy atom. The summed E-state index contributed by atoms with van der Waals surface area (Å²) in [5, 5.41) is 5.87. The van der Waals surface area contributed by atoms with Crippen molar-refractivity contribution < 1.29 is 36.7 Å². The molecule has 0 spiro atoms. The Hall–Kier alpha value is -3.26. The number of anilines is 1. The van der Waals surface area contributed by atoms with Crippen molar-refractivity contribution in [3.8, 4) is 5.75 Å². The minimum absolute atomic E-state index is 0.239. The number of hydrogen-bond acceptors (Lipinski definition) is 9. The first-order chi connectivity index (χ1) is 19.0. The maximum Gasteiger partial charge on any atom is 0.573 e. The van der Waals surface area contributed by atoms with Crippen LogP contribution in [0.1, 0.15) is 53.1 Å². The number of carbonyl (C=O) groups is 1. The molecule has 0 saturated carbocycles. The van der Waals surface area contributed by atoms with E-state index in [1.54, 1.807) is 38.6 Å². The predicted octanol–water partition coefficient (Wildman–Crippen LogP) is 4.53. The molecule has 0 amide bonds. The fraction of sp³-hybridized carbons (Fsp3) is 0.520. The topological polar surface area (TPSA) is 156 Å². The molecule has 3 atom stereocenters.